The zero-order valence-electron chi connectivity index (χ0n) is 20.3. The highest BCUT2D eigenvalue weighted by Crippen LogP contribution is 2.30. The third-order valence-electron chi connectivity index (χ3n) is 5.89. The summed E-state index contributed by atoms with van der Waals surface area (Å²) in [7, 11) is 0. The molecule has 2 amide bonds. The summed E-state index contributed by atoms with van der Waals surface area (Å²) in [6, 6.07) is 21.1. The summed E-state index contributed by atoms with van der Waals surface area (Å²) in [5.41, 5.74) is 2.52. The van der Waals surface area contributed by atoms with Crippen LogP contribution in [0.2, 0.25) is 10.0 Å². The quantitative estimate of drug-likeness (QED) is 0.247. The van der Waals surface area contributed by atoms with Crippen molar-refractivity contribution >= 4 is 64.1 Å². The summed E-state index contributed by atoms with van der Waals surface area (Å²) in [5.74, 6) is -1.08. The highest BCUT2D eigenvalue weighted by molar-refractivity contribution is 6.35. The van der Waals surface area contributed by atoms with Crippen molar-refractivity contribution in [3.8, 4) is 11.3 Å². The molecule has 0 fully saturated rings. The van der Waals surface area contributed by atoms with Crippen LogP contribution in [0.15, 0.2) is 94.0 Å². The molecule has 1 aromatic heterocycles. The predicted molar refractivity (Wildman–Crippen MR) is 151 cm³/mol. The second-order valence-electron chi connectivity index (χ2n) is 8.58. The van der Waals surface area contributed by atoms with Gasteiger partial charge in [0.05, 0.1) is 33.1 Å². The third-order valence-corrected chi connectivity index (χ3v) is 6.46. The summed E-state index contributed by atoms with van der Waals surface area (Å²) in [4.78, 5) is 37.3. The molecule has 3 aromatic carbocycles. The molecule has 5 rings (SSSR count). The fourth-order valence-corrected chi connectivity index (χ4v) is 4.37. The first-order valence-electron chi connectivity index (χ1n) is 11.6. The van der Waals surface area contributed by atoms with Gasteiger partial charge in [0.2, 0.25) is 0 Å². The van der Waals surface area contributed by atoms with Crippen LogP contribution in [-0.4, -0.2) is 28.6 Å². The van der Waals surface area contributed by atoms with E-state index in [2.05, 4.69) is 10.4 Å². The Morgan fingerprint density at radius 1 is 1.00 bits per heavy atom. The topological polar surface area (TPSA) is 112 Å². The molecule has 39 heavy (non-hydrogen) atoms. The van der Waals surface area contributed by atoms with Gasteiger partial charge in [-0.25, -0.2) is 4.79 Å². The zero-order chi connectivity index (χ0) is 27.7. The fourth-order valence-electron chi connectivity index (χ4n) is 3.98. The molecule has 0 saturated carbocycles. The van der Waals surface area contributed by atoms with Gasteiger partial charge in [0.15, 0.2) is 0 Å². The Bertz CT molecular complexity index is 1710. The Morgan fingerprint density at radius 3 is 2.56 bits per heavy atom. The second-order valence-corrected chi connectivity index (χ2v) is 9.42. The van der Waals surface area contributed by atoms with Crippen molar-refractivity contribution in [2.75, 3.05) is 10.3 Å². The summed E-state index contributed by atoms with van der Waals surface area (Å²) >= 11 is 12.3. The van der Waals surface area contributed by atoms with E-state index in [1.807, 2.05) is 0 Å². The van der Waals surface area contributed by atoms with Gasteiger partial charge in [0, 0.05) is 16.3 Å². The normalized spacial score (nSPS) is 14.0. The van der Waals surface area contributed by atoms with Gasteiger partial charge in [-0.1, -0.05) is 35.3 Å². The molecule has 194 valence electrons. The number of hydrogen-bond acceptors (Lipinski definition) is 5. The molecule has 8 nitrogen and oxygen atoms in total. The number of hydrazone groups is 1. The van der Waals surface area contributed by atoms with Crippen LogP contribution >= 0.6 is 23.2 Å². The first kappa shape index (κ1) is 26.0. The largest absolute Gasteiger partial charge is 0.478 e. The summed E-state index contributed by atoms with van der Waals surface area (Å²) in [6.07, 6.45) is 1.56. The predicted octanol–water partition coefficient (Wildman–Crippen LogP) is 7.01. The van der Waals surface area contributed by atoms with Crippen LogP contribution in [0.3, 0.4) is 0 Å². The number of hydrogen-bond donors (Lipinski definition) is 2. The minimum Gasteiger partial charge on any atom is -0.478 e. The number of carbonyl (C=O) groups excluding carboxylic acids is 2. The van der Waals surface area contributed by atoms with Gasteiger partial charge >= 0.3 is 5.97 Å². The number of carboxylic acids is 1. The molecule has 0 unspecified atom stereocenters. The van der Waals surface area contributed by atoms with Crippen LogP contribution in [0.1, 0.15) is 33.4 Å². The lowest BCUT2D eigenvalue weighted by molar-refractivity contribution is -0.114. The Labute approximate surface area is 232 Å². The Hall–Kier alpha value is -4.66. The number of aromatic carboxylic acids is 1. The highest BCUT2D eigenvalue weighted by atomic mass is 35.5. The number of amides is 2. The maximum atomic E-state index is 13.1. The summed E-state index contributed by atoms with van der Waals surface area (Å²) < 4.78 is 5.96. The van der Waals surface area contributed by atoms with Crippen molar-refractivity contribution in [3.05, 3.63) is 111 Å². The maximum Gasteiger partial charge on any atom is 0.335 e. The van der Waals surface area contributed by atoms with Crippen LogP contribution < -0.4 is 10.3 Å². The second kappa shape index (κ2) is 10.6. The minimum atomic E-state index is -1.10. The van der Waals surface area contributed by atoms with Gasteiger partial charge in [-0.05, 0) is 79.7 Å². The van der Waals surface area contributed by atoms with E-state index >= 15 is 0 Å². The number of benzene rings is 3. The van der Waals surface area contributed by atoms with Crippen LogP contribution in [0.5, 0.6) is 0 Å². The molecule has 2 N–H and O–H groups in total. The molecule has 0 aliphatic carbocycles. The lowest BCUT2D eigenvalue weighted by Gasteiger charge is -2.12. The molecular formula is C29H19Cl2N3O5. The number of nitrogens with zero attached hydrogens (tertiary/aromatic N) is 2. The first-order valence-corrected chi connectivity index (χ1v) is 12.4. The van der Waals surface area contributed by atoms with Crippen LogP contribution in [-0.2, 0) is 4.79 Å². The fraction of sp³-hybridized carbons (Fsp3) is 0.0345. The molecule has 2 heterocycles. The van der Waals surface area contributed by atoms with Gasteiger partial charge in [-0.2, -0.15) is 10.1 Å². The minimum absolute atomic E-state index is 0.0461. The van der Waals surface area contributed by atoms with Crippen molar-refractivity contribution in [1.82, 2.24) is 0 Å². The molecule has 0 atom stereocenters. The number of furan rings is 1. The number of halogens is 2. The monoisotopic (exact) mass is 559 g/mol. The van der Waals surface area contributed by atoms with Crippen molar-refractivity contribution in [1.29, 1.82) is 0 Å². The lowest BCUT2D eigenvalue weighted by atomic mass is 10.1. The van der Waals surface area contributed by atoms with E-state index in [0.717, 1.165) is 5.01 Å². The Balaban J connectivity index is 1.38. The smallest absolute Gasteiger partial charge is 0.335 e. The van der Waals surface area contributed by atoms with E-state index in [4.69, 9.17) is 27.6 Å². The maximum absolute atomic E-state index is 13.1. The molecule has 0 spiro atoms. The Morgan fingerprint density at radius 2 is 1.79 bits per heavy atom. The van der Waals surface area contributed by atoms with E-state index in [1.54, 1.807) is 79.7 Å². The van der Waals surface area contributed by atoms with E-state index in [9.17, 15) is 19.5 Å². The lowest BCUT2D eigenvalue weighted by Crippen LogP contribution is -2.21. The molecule has 1 aliphatic heterocycles. The number of anilines is 2. The highest BCUT2D eigenvalue weighted by Gasteiger charge is 2.29. The van der Waals surface area contributed by atoms with Crippen molar-refractivity contribution < 1.29 is 23.9 Å². The van der Waals surface area contributed by atoms with Gasteiger partial charge in [0.1, 0.15) is 11.5 Å². The van der Waals surface area contributed by atoms with Crippen molar-refractivity contribution in [3.63, 3.8) is 0 Å². The SMILES string of the molecule is CC1=NN(c2cccc(C(=O)O)c2)C(=O)/C1=C\c1ccc(-c2ccc(Cl)c(C(=O)Nc3cccc(Cl)c3)c2)o1. The first-order chi connectivity index (χ1) is 18.7. The third kappa shape index (κ3) is 5.47. The van der Waals surface area contributed by atoms with E-state index < -0.39 is 17.8 Å². The number of carbonyl (C=O) groups is 3. The van der Waals surface area contributed by atoms with Crippen molar-refractivity contribution in [2.45, 2.75) is 6.92 Å². The summed E-state index contributed by atoms with van der Waals surface area (Å²) in [6.45, 7) is 1.68. The van der Waals surface area contributed by atoms with E-state index in [1.165, 1.54) is 12.1 Å². The summed E-state index contributed by atoms with van der Waals surface area (Å²) in [5, 5.41) is 18.2. The average molecular weight is 560 g/mol. The van der Waals surface area contributed by atoms with Gasteiger partial charge < -0.3 is 14.8 Å². The molecule has 0 saturated heterocycles. The molecule has 0 bridgehead atoms. The molecule has 4 aromatic rings. The van der Waals surface area contributed by atoms with Crippen LogP contribution in [0, 0.1) is 0 Å². The number of rotatable bonds is 6. The number of carboxylic acid groups (broad SMARTS) is 1. The average Bonchev–Trinajstić information content (AvgIpc) is 3.49. The Kier molecular flexibility index (Phi) is 7.06. The standard InChI is InChI=1S/C29H19Cl2N3O5/c1-16-23(28(36)34(33-16)21-7-2-4-18(12-21)29(37)38)15-22-9-11-26(39-22)17-8-10-25(31)24(13-17)27(35)32-20-6-3-5-19(30)14-20/h2-15H,1H3,(H,32,35)(H,37,38)/b23-15-. The van der Waals surface area contributed by atoms with Gasteiger partial charge in [0.25, 0.3) is 11.8 Å². The van der Waals surface area contributed by atoms with Gasteiger partial charge in [-0.15, -0.1) is 0 Å². The van der Waals surface area contributed by atoms with Crippen LogP contribution in [0.4, 0.5) is 11.4 Å². The zero-order valence-corrected chi connectivity index (χ0v) is 21.8. The number of nitrogens with one attached hydrogen (secondary N) is 1. The van der Waals surface area contributed by atoms with Crippen molar-refractivity contribution in [2.24, 2.45) is 5.10 Å². The molecule has 0 radical (unpaired) electrons. The van der Waals surface area contributed by atoms with Crippen LogP contribution in [0.25, 0.3) is 17.4 Å². The molecular weight excluding hydrogens is 541 g/mol. The van der Waals surface area contributed by atoms with E-state index in [0.29, 0.717) is 44.8 Å². The van der Waals surface area contributed by atoms with Gasteiger partial charge in [-0.3, -0.25) is 9.59 Å². The molecule has 10 heteroatoms. The molecule has 1 aliphatic rings. The van der Waals surface area contributed by atoms with E-state index in [-0.39, 0.29) is 16.1 Å².